The van der Waals surface area contributed by atoms with Crippen LogP contribution < -0.4 is 0 Å². The maximum atomic E-state index is 12.8. The van der Waals surface area contributed by atoms with Gasteiger partial charge in [0.2, 0.25) is 0 Å². The lowest BCUT2D eigenvalue weighted by atomic mass is 10.2. The fourth-order valence-electron chi connectivity index (χ4n) is 1.26. The fraction of sp³-hybridized carbons (Fsp3) is 0.625. The van der Waals surface area contributed by atoms with Gasteiger partial charge in [0.25, 0.3) is 0 Å². The Hall–Kier alpha value is -1.24. The van der Waals surface area contributed by atoms with E-state index in [4.69, 9.17) is 6.42 Å². The van der Waals surface area contributed by atoms with Gasteiger partial charge in [-0.3, -0.25) is 4.90 Å². The Morgan fingerprint density at radius 1 is 1.83 bits per heavy atom. The highest BCUT2D eigenvalue weighted by molar-refractivity contribution is 5.69. The van der Waals surface area contributed by atoms with Crippen LogP contribution in [0.3, 0.4) is 0 Å². The van der Waals surface area contributed by atoms with Crippen molar-refractivity contribution in [1.82, 2.24) is 4.90 Å². The van der Waals surface area contributed by atoms with Crippen molar-refractivity contribution in [1.29, 1.82) is 0 Å². The number of hydrogen-bond acceptors (Lipinski definition) is 2. The quantitative estimate of drug-likeness (QED) is 0.504. The van der Waals surface area contributed by atoms with Crippen LogP contribution in [0.15, 0.2) is 0 Å². The van der Waals surface area contributed by atoms with Crippen LogP contribution in [-0.2, 0) is 4.74 Å². The maximum absolute atomic E-state index is 12.8. The number of nitrogens with zero attached hydrogens (tertiary/aromatic N) is 1. The summed E-state index contributed by atoms with van der Waals surface area (Å²) in [6.45, 7) is 0.0432. The first-order chi connectivity index (χ1) is 5.69. The summed E-state index contributed by atoms with van der Waals surface area (Å²) in [5.41, 5.74) is 0. The third-order valence-electron chi connectivity index (χ3n) is 1.85. The highest BCUT2D eigenvalue weighted by Gasteiger charge is 2.34. The van der Waals surface area contributed by atoms with Gasteiger partial charge in [0.05, 0.1) is 19.7 Å². The molecule has 2 atom stereocenters. The largest absolute Gasteiger partial charge is 0.453 e. The van der Waals surface area contributed by atoms with E-state index in [0.717, 1.165) is 0 Å². The normalized spacial score (nSPS) is 28.2. The van der Waals surface area contributed by atoms with Gasteiger partial charge in [0.15, 0.2) is 0 Å². The van der Waals surface area contributed by atoms with Crippen LogP contribution in [0.2, 0.25) is 0 Å². The molecular weight excluding hydrogens is 161 g/mol. The highest BCUT2D eigenvalue weighted by atomic mass is 19.1. The Morgan fingerprint density at radius 2 is 2.50 bits per heavy atom. The first-order valence-corrected chi connectivity index (χ1v) is 3.63. The average Bonchev–Trinajstić information content (AvgIpc) is 2.45. The van der Waals surface area contributed by atoms with Gasteiger partial charge in [0, 0.05) is 6.42 Å². The second-order valence-electron chi connectivity index (χ2n) is 2.64. The molecule has 1 rings (SSSR count). The zero-order valence-corrected chi connectivity index (χ0v) is 6.79. The summed E-state index contributed by atoms with van der Waals surface area (Å²) in [5.74, 6) is 2.34. The number of halogens is 1. The number of amides is 1. The molecule has 0 aromatic carbocycles. The monoisotopic (exact) mass is 171 g/mol. The topological polar surface area (TPSA) is 29.5 Å². The molecule has 1 saturated heterocycles. The zero-order valence-electron chi connectivity index (χ0n) is 6.79. The molecule has 1 amide bonds. The summed E-state index contributed by atoms with van der Waals surface area (Å²) in [5, 5.41) is 0. The first kappa shape index (κ1) is 8.85. The Morgan fingerprint density at radius 3 is 3.00 bits per heavy atom. The third kappa shape index (κ3) is 1.50. The molecule has 1 aliphatic heterocycles. The predicted octanol–water partition coefficient (Wildman–Crippen LogP) is 0.798. The van der Waals surface area contributed by atoms with Crippen molar-refractivity contribution in [2.75, 3.05) is 13.7 Å². The van der Waals surface area contributed by atoms with Crippen molar-refractivity contribution in [2.24, 2.45) is 0 Å². The molecule has 0 saturated carbocycles. The molecule has 1 heterocycles. The Labute approximate surface area is 70.5 Å². The molecule has 3 nitrogen and oxygen atoms in total. The summed E-state index contributed by atoms with van der Waals surface area (Å²) >= 11 is 0. The molecule has 0 radical (unpaired) electrons. The predicted molar refractivity (Wildman–Crippen MR) is 41.2 cm³/mol. The molecule has 0 aromatic heterocycles. The van der Waals surface area contributed by atoms with Crippen LogP contribution in [0.4, 0.5) is 9.18 Å². The Bertz CT molecular complexity index is 224. The third-order valence-corrected chi connectivity index (χ3v) is 1.85. The number of terminal acetylenes is 1. The van der Waals surface area contributed by atoms with Crippen LogP contribution in [-0.4, -0.2) is 36.9 Å². The van der Waals surface area contributed by atoms with Gasteiger partial charge < -0.3 is 4.74 Å². The van der Waals surface area contributed by atoms with Crippen molar-refractivity contribution in [3.63, 3.8) is 0 Å². The average molecular weight is 171 g/mol. The second-order valence-corrected chi connectivity index (χ2v) is 2.64. The minimum absolute atomic E-state index is 0.0432. The van der Waals surface area contributed by atoms with Gasteiger partial charge in [-0.25, -0.2) is 9.18 Å². The van der Waals surface area contributed by atoms with Gasteiger partial charge in [-0.2, -0.15) is 0 Å². The van der Waals surface area contributed by atoms with Crippen molar-refractivity contribution < 1.29 is 13.9 Å². The van der Waals surface area contributed by atoms with Crippen LogP contribution in [0.5, 0.6) is 0 Å². The molecule has 0 spiro atoms. The molecule has 4 heteroatoms. The minimum Gasteiger partial charge on any atom is -0.453 e. The second kappa shape index (κ2) is 3.44. The number of likely N-dealkylation sites (tertiary alicyclic amines) is 1. The van der Waals surface area contributed by atoms with Gasteiger partial charge in [-0.1, -0.05) is 5.92 Å². The zero-order chi connectivity index (χ0) is 9.14. The summed E-state index contributed by atoms with van der Waals surface area (Å²) in [7, 11) is 1.25. The van der Waals surface area contributed by atoms with E-state index in [0.29, 0.717) is 0 Å². The minimum atomic E-state index is -1.02. The molecular formula is C8H10FNO2. The van der Waals surface area contributed by atoms with Gasteiger partial charge in [-0.05, 0) is 0 Å². The summed E-state index contributed by atoms with van der Waals surface area (Å²) in [6.07, 6.45) is 3.75. The summed E-state index contributed by atoms with van der Waals surface area (Å²) in [6, 6.07) is -0.451. The van der Waals surface area contributed by atoms with Crippen LogP contribution in [0.25, 0.3) is 0 Å². The number of methoxy groups -OCH3 is 1. The van der Waals surface area contributed by atoms with Crippen LogP contribution in [0, 0.1) is 12.3 Å². The van der Waals surface area contributed by atoms with Crippen LogP contribution in [0.1, 0.15) is 6.42 Å². The van der Waals surface area contributed by atoms with E-state index in [9.17, 15) is 9.18 Å². The van der Waals surface area contributed by atoms with E-state index >= 15 is 0 Å². The van der Waals surface area contributed by atoms with E-state index in [1.165, 1.54) is 12.0 Å². The lowest BCUT2D eigenvalue weighted by Crippen LogP contribution is -2.34. The summed E-state index contributed by atoms with van der Waals surface area (Å²) in [4.78, 5) is 12.2. The van der Waals surface area contributed by atoms with Gasteiger partial charge >= 0.3 is 6.09 Å². The molecule has 12 heavy (non-hydrogen) atoms. The molecule has 0 bridgehead atoms. The number of ether oxygens (including phenoxy) is 1. The number of carbonyl (C=O) groups excluding carboxylic acids is 1. The van der Waals surface area contributed by atoms with Gasteiger partial charge in [-0.15, -0.1) is 6.42 Å². The molecule has 0 aliphatic carbocycles. The van der Waals surface area contributed by atoms with E-state index in [1.54, 1.807) is 0 Å². The fourth-order valence-corrected chi connectivity index (χ4v) is 1.26. The van der Waals surface area contributed by atoms with E-state index < -0.39 is 18.3 Å². The van der Waals surface area contributed by atoms with Crippen LogP contribution >= 0.6 is 0 Å². The molecule has 66 valence electrons. The lowest BCUT2D eigenvalue weighted by molar-refractivity contribution is 0.124. The molecule has 0 N–H and O–H groups in total. The molecule has 0 aromatic rings. The first-order valence-electron chi connectivity index (χ1n) is 3.63. The van der Waals surface area contributed by atoms with E-state index in [2.05, 4.69) is 10.7 Å². The maximum Gasteiger partial charge on any atom is 0.410 e. The summed E-state index contributed by atoms with van der Waals surface area (Å²) < 4.78 is 17.2. The standard InChI is InChI=1S/C8H10FNO2/c1-3-7-4-6(9)5-10(7)8(11)12-2/h1,6-7H,4-5H2,2H3/t6-,7-/m0/s1. The number of rotatable bonds is 0. The van der Waals surface area contributed by atoms with Gasteiger partial charge in [0.1, 0.15) is 6.17 Å². The molecule has 1 aliphatic rings. The molecule has 0 unspecified atom stereocenters. The Balaban J connectivity index is 2.65. The number of hydrogen-bond donors (Lipinski definition) is 0. The Kier molecular flexibility index (Phi) is 2.54. The number of alkyl halides is 1. The molecule has 1 fully saturated rings. The van der Waals surface area contributed by atoms with Crippen molar-refractivity contribution >= 4 is 6.09 Å². The smallest absolute Gasteiger partial charge is 0.410 e. The SMILES string of the molecule is C#C[C@H]1C[C@H](F)CN1C(=O)OC. The van der Waals surface area contributed by atoms with Crippen molar-refractivity contribution in [3.8, 4) is 12.3 Å². The number of carbonyl (C=O) groups is 1. The van der Waals surface area contributed by atoms with Crippen molar-refractivity contribution in [3.05, 3.63) is 0 Å². The highest BCUT2D eigenvalue weighted by Crippen LogP contribution is 2.20. The lowest BCUT2D eigenvalue weighted by Gasteiger charge is -2.17. The van der Waals surface area contributed by atoms with E-state index in [-0.39, 0.29) is 13.0 Å². The van der Waals surface area contributed by atoms with E-state index in [1.807, 2.05) is 0 Å². The van der Waals surface area contributed by atoms with Crippen molar-refractivity contribution in [2.45, 2.75) is 18.6 Å².